The Balaban J connectivity index is 2.17. The van der Waals surface area contributed by atoms with Gasteiger partial charge in [-0.05, 0) is 41.3 Å². The van der Waals surface area contributed by atoms with Crippen molar-refractivity contribution in [3.8, 4) is 5.75 Å². The van der Waals surface area contributed by atoms with Gasteiger partial charge in [-0.15, -0.1) is 0 Å². The molecular weight excluding hydrogens is 328 g/mol. The molecule has 0 aliphatic carbocycles. The number of carbonyl (C=O) groups excluding carboxylic acids is 2. The number of amides is 2. The Morgan fingerprint density at radius 1 is 1.04 bits per heavy atom. The summed E-state index contributed by atoms with van der Waals surface area (Å²) in [5, 5.41) is 2.94. The highest BCUT2D eigenvalue weighted by Crippen LogP contribution is 2.29. The molecule has 2 aromatic rings. The number of ether oxygens (including phenoxy) is 1. The molecule has 5 heteroatoms. The van der Waals surface area contributed by atoms with Crippen LogP contribution in [-0.2, 0) is 15.0 Å². The zero-order valence-corrected chi connectivity index (χ0v) is 16.0. The predicted molar refractivity (Wildman–Crippen MR) is 105 cm³/mol. The van der Waals surface area contributed by atoms with Crippen molar-refractivity contribution >= 4 is 23.2 Å². The summed E-state index contributed by atoms with van der Waals surface area (Å²) in [5.41, 5.74) is 2.37. The van der Waals surface area contributed by atoms with Crippen LogP contribution in [0.15, 0.2) is 48.5 Å². The Hall–Kier alpha value is -2.82. The number of benzene rings is 2. The van der Waals surface area contributed by atoms with Crippen molar-refractivity contribution in [2.24, 2.45) is 0 Å². The monoisotopic (exact) mass is 354 g/mol. The van der Waals surface area contributed by atoms with E-state index in [9.17, 15) is 9.59 Å². The Bertz CT molecular complexity index is 777. The summed E-state index contributed by atoms with van der Waals surface area (Å²) in [6, 6.07) is 14.8. The van der Waals surface area contributed by atoms with Crippen LogP contribution >= 0.6 is 0 Å². The molecule has 0 spiro atoms. The van der Waals surface area contributed by atoms with E-state index >= 15 is 0 Å². The fourth-order valence-corrected chi connectivity index (χ4v) is 2.73. The normalized spacial score (nSPS) is 11.0. The van der Waals surface area contributed by atoms with Crippen LogP contribution in [0.2, 0.25) is 0 Å². The number of para-hydroxylation sites is 1. The molecular formula is C21H26N2O3. The summed E-state index contributed by atoms with van der Waals surface area (Å²) in [6.07, 6.45) is 0. The molecule has 2 aromatic carbocycles. The number of nitrogens with zero attached hydrogens (tertiary/aromatic N) is 1. The summed E-state index contributed by atoms with van der Waals surface area (Å²) in [6.45, 7) is 7.67. The topological polar surface area (TPSA) is 58.6 Å². The van der Waals surface area contributed by atoms with Crippen molar-refractivity contribution in [2.45, 2.75) is 33.1 Å². The van der Waals surface area contributed by atoms with Gasteiger partial charge in [-0.2, -0.15) is 0 Å². The largest absolute Gasteiger partial charge is 0.497 e. The molecule has 26 heavy (non-hydrogen) atoms. The molecule has 0 atom stereocenters. The van der Waals surface area contributed by atoms with Crippen molar-refractivity contribution in [3.63, 3.8) is 0 Å². The minimum Gasteiger partial charge on any atom is -0.497 e. The Morgan fingerprint density at radius 3 is 2.19 bits per heavy atom. The zero-order valence-electron chi connectivity index (χ0n) is 16.0. The fraction of sp³-hybridized carbons (Fsp3) is 0.333. The second kappa shape index (κ2) is 8.04. The van der Waals surface area contributed by atoms with Crippen LogP contribution in [0.1, 0.15) is 33.3 Å². The van der Waals surface area contributed by atoms with Gasteiger partial charge >= 0.3 is 0 Å². The third-order valence-corrected chi connectivity index (χ3v) is 4.08. The Labute approximate surface area is 155 Å². The highest BCUT2D eigenvalue weighted by Gasteiger charge is 2.20. The lowest BCUT2D eigenvalue weighted by molar-refractivity contribution is -0.120. The second-order valence-electron chi connectivity index (χ2n) is 7.15. The number of carbonyl (C=O) groups is 2. The number of anilines is 2. The first-order valence-electron chi connectivity index (χ1n) is 8.54. The van der Waals surface area contributed by atoms with E-state index in [2.05, 4.69) is 26.1 Å². The molecule has 0 radical (unpaired) electrons. The minimum atomic E-state index is -0.243. The number of rotatable bonds is 5. The number of methoxy groups -OCH3 is 1. The summed E-state index contributed by atoms with van der Waals surface area (Å²) >= 11 is 0. The van der Waals surface area contributed by atoms with E-state index in [0.29, 0.717) is 11.4 Å². The van der Waals surface area contributed by atoms with Gasteiger partial charge < -0.3 is 15.0 Å². The molecule has 2 rings (SSSR count). The van der Waals surface area contributed by atoms with E-state index in [0.717, 1.165) is 11.3 Å². The zero-order chi connectivity index (χ0) is 19.3. The average molecular weight is 354 g/mol. The molecule has 0 bridgehead atoms. The molecule has 0 saturated heterocycles. The third kappa shape index (κ3) is 4.85. The SMILES string of the molecule is COc1ccc(N(CC(=O)Nc2ccccc2C(C)(C)C)C(C)=O)cc1. The van der Waals surface area contributed by atoms with Crippen LogP contribution in [0.25, 0.3) is 0 Å². The maximum Gasteiger partial charge on any atom is 0.244 e. The second-order valence-corrected chi connectivity index (χ2v) is 7.15. The highest BCUT2D eigenvalue weighted by atomic mass is 16.5. The van der Waals surface area contributed by atoms with Gasteiger partial charge in [0, 0.05) is 18.3 Å². The summed E-state index contributed by atoms with van der Waals surface area (Å²) in [7, 11) is 1.58. The first-order chi connectivity index (χ1) is 12.2. The lowest BCUT2D eigenvalue weighted by Crippen LogP contribution is -2.37. The maximum atomic E-state index is 12.6. The van der Waals surface area contributed by atoms with E-state index in [1.807, 2.05) is 24.3 Å². The first kappa shape index (κ1) is 19.5. The quantitative estimate of drug-likeness (QED) is 0.883. The number of nitrogens with one attached hydrogen (secondary N) is 1. The molecule has 0 aromatic heterocycles. The van der Waals surface area contributed by atoms with Gasteiger partial charge in [0.05, 0.1) is 7.11 Å². The van der Waals surface area contributed by atoms with Gasteiger partial charge in [-0.25, -0.2) is 0 Å². The molecule has 2 amide bonds. The van der Waals surface area contributed by atoms with Crippen molar-refractivity contribution < 1.29 is 14.3 Å². The van der Waals surface area contributed by atoms with Gasteiger partial charge in [0.15, 0.2) is 0 Å². The van der Waals surface area contributed by atoms with Crippen LogP contribution < -0.4 is 15.0 Å². The summed E-state index contributed by atoms with van der Waals surface area (Å²) in [4.78, 5) is 26.0. The van der Waals surface area contributed by atoms with E-state index in [1.165, 1.54) is 11.8 Å². The minimum absolute atomic E-state index is 0.0554. The molecule has 138 valence electrons. The van der Waals surface area contributed by atoms with Crippen LogP contribution in [0, 0.1) is 0 Å². The van der Waals surface area contributed by atoms with Gasteiger partial charge in [-0.3, -0.25) is 9.59 Å². The predicted octanol–water partition coefficient (Wildman–Crippen LogP) is 3.98. The van der Waals surface area contributed by atoms with Crippen molar-refractivity contribution in [2.75, 3.05) is 23.9 Å². The van der Waals surface area contributed by atoms with Crippen LogP contribution in [0.3, 0.4) is 0 Å². The lowest BCUT2D eigenvalue weighted by Gasteiger charge is -2.24. The van der Waals surface area contributed by atoms with E-state index in [4.69, 9.17) is 4.74 Å². The Kier molecular flexibility index (Phi) is 6.03. The van der Waals surface area contributed by atoms with Gasteiger partial charge in [0.2, 0.25) is 11.8 Å². The van der Waals surface area contributed by atoms with Crippen LogP contribution in [0.5, 0.6) is 5.75 Å². The maximum absolute atomic E-state index is 12.6. The number of hydrogen-bond donors (Lipinski definition) is 1. The molecule has 0 aliphatic heterocycles. The van der Waals surface area contributed by atoms with Crippen LogP contribution in [0.4, 0.5) is 11.4 Å². The first-order valence-corrected chi connectivity index (χ1v) is 8.54. The molecule has 0 aliphatic rings. The van der Waals surface area contributed by atoms with Crippen LogP contribution in [-0.4, -0.2) is 25.5 Å². The third-order valence-electron chi connectivity index (χ3n) is 4.08. The van der Waals surface area contributed by atoms with Crippen molar-refractivity contribution in [1.82, 2.24) is 0 Å². The Morgan fingerprint density at radius 2 is 1.65 bits per heavy atom. The molecule has 0 saturated carbocycles. The number of hydrogen-bond acceptors (Lipinski definition) is 3. The van der Waals surface area contributed by atoms with Crippen molar-refractivity contribution in [3.05, 3.63) is 54.1 Å². The fourth-order valence-electron chi connectivity index (χ4n) is 2.73. The molecule has 1 N–H and O–H groups in total. The lowest BCUT2D eigenvalue weighted by atomic mass is 9.86. The summed E-state index contributed by atoms with van der Waals surface area (Å²) < 4.78 is 5.13. The smallest absolute Gasteiger partial charge is 0.244 e. The van der Waals surface area contributed by atoms with E-state index < -0.39 is 0 Å². The summed E-state index contributed by atoms with van der Waals surface area (Å²) in [5.74, 6) is 0.253. The molecule has 0 heterocycles. The van der Waals surface area contributed by atoms with E-state index in [-0.39, 0.29) is 23.8 Å². The highest BCUT2D eigenvalue weighted by molar-refractivity contribution is 6.02. The van der Waals surface area contributed by atoms with Gasteiger partial charge in [-0.1, -0.05) is 39.0 Å². The average Bonchev–Trinajstić information content (AvgIpc) is 2.59. The van der Waals surface area contributed by atoms with Gasteiger partial charge in [0.1, 0.15) is 12.3 Å². The molecule has 5 nitrogen and oxygen atoms in total. The van der Waals surface area contributed by atoms with Gasteiger partial charge in [0.25, 0.3) is 0 Å². The standard InChI is InChI=1S/C21H26N2O3/c1-15(24)23(16-10-12-17(26-5)13-11-16)14-20(25)22-19-9-7-6-8-18(19)21(2,3)4/h6-13H,14H2,1-5H3,(H,22,25). The van der Waals surface area contributed by atoms with Crippen molar-refractivity contribution in [1.29, 1.82) is 0 Å². The van der Waals surface area contributed by atoms with E-state index in [1.54, 1.807) is 31.4 Å². The molecule has 0 fully saturated rings. The molecule has 0 unspecified atom stereocenters.